The summed E-state index contributed by atoms with van der Waals surface area (Å²) < 4.78 is 8.60. The molecule has 4 N–H and O–H groups in total. The van der Waals surface area contributed by atoms with E-state index in [-0.39, 0.29) is 29.7 Å². The molecule has 35 heavy (non-hydrogen) atoms. The second-order valence-electron chi connectivity index (χ2n) is 9.24. The van der Waals surface area contributed by atoms with Crippen molar-refractivity contribution in [3.63, 3.8) is 0 Å². The number of nitrogens with zero attached hydrogens (tertiary/aromatic N) is 4. The highest BCUT2D eigenvalue weighted by atomic mass is 16.5. The van der Waals surface area contributed by atoms with Crippen LogP contribution in [0, 0.1) is 0 Å². The molecule has 5 rings (SSSR count). The largest absolute Gasteiger partial charge is 0.391 e. The summed E-state index contributed by atoms with van der Waals surface area (Å²) in [5.41, 5.74) is 0.832. The lowest BCUT2D eigenvalue weighted by Crippen LogP contribution is -2.40. The van der Waals surface area contributed by atoms with Gasteiger partial charge in [-0.3, -0.25) is 9.59 Å². The van der Waals surface area contributed by atoms with Crippen LogP contribution in [0.15, 0.2) is 35.4 Å². The molecule has 2 fully saturated rings. The van der Waals surface area contributed by atoms with Gasteiger partial charge in [0.25, 0.3) is 11.5 Å². The molecule has 0 aromatic carbocycles. The van der Waals surface area contributed by atoms with Gasteiger partial charge in [-0.2, -0.15) is 9.61 Å². The second kappa shape index (κ2) is 9.67. The number of aliphatic hydroxyl groups is 1. The van der Waals surface area contributed by atoms with E-state index in [1.165, 1.54) is 6.20 Å². The van der Waals surface area contributed by atoms with Gasteiger partial charge in [0.05, 0.1) is 24.4 Å². The number of aromatic nitrogens is 4. The van der Waals surface area contributed by atoms with E-state index in [2.05, 4.69) is 26.0 Å². The van der Waals surface area contributed by atoms with E-state index in [0.717, 1.165) is 32.1 Å². The third-order valence-electron chi connectivity index (χ3n) is 7.06. The van der Waals surface area contributed by atoms with E-state index < -0.39 is 6.10 Å². The third kappa shape index (κ3) is 4.48. The SMILES string of the molecule is CNc1cc(Nc2cccn(C3CC[C@H]3O)c2=O)nc2c(C(=O)NC3CCC[C@@H](OC)C3)cnn12. The molecule has 0 saturated heterocycles. The zero-order valence-electron chi connectivity index (χ0n) is 19.9. The molecule has 0 bridgehead atoms. The summed E-state index contributed by atoms with van der Waals surface area (Å²) in [7, 11) is 3.45. The van der Waals surface area contributed by atoms with Gasteiger partial charge in [0, 0.05) is 32.5 Å². The van der Waals surface area contributed by atoms with Gasteiger partial charge >= 0.3 is 0 Å². The number of ether oxygens (including phenoxy) is 1. The Labute approximate surface area is 202 Å². The lowest BCUT2D eigenvalue weighted by molar-refractivity contribution is 0.0300. The highest BCUT2D eigenvalue weighted by Gasteiger charge is 2.31. The predicted molar refractivity (Wildman–Crippen MR) is 131 cm³/mol. The van der Waals surface area contributed by atoms with Crippen molar-refractivity contribution in [2.75, 3.05) is 24.8 Å². The monoisotopic (exact) mass is 481 g/mol. The first-order valence-electron chi connectivity index (χ1n) is 12.0. The van der Waals surface area contributed by atoms with Crippen LogP contribution in [0.1, 0.15) is 54.9 Å². The van der Waals surface area contributed by atoms with Crippen LogP contribution in [0.4, 0.5) is 17.3 Å². The second-order valence-corrected chi connectivity index (χ2v) is 9.24. The molecule has 4 atom stereocenters. The number of fused-ring (bicyclic) bond motifs is 1. The van der Waals surface area contributed by atoms with E-state index in [1.54, 1.807) is 47.6 Å². The van der Waals surface area contributed by atoms with Gasteiger partial charge in [-0.15, -0.1) is 0 Å². The van der Waals surface area contributed by atoms with E-state index >= 15 is 0 Å². The highest BCUT2D eigenvalue weighted by molar-refractivity contribution is 6.00. The third-order valence-corrected chi connectivity index (χ3v) is 7.06. The van der Waals surface area contributed by atoms with Crippen molar-refractivity contribution < 1.29 is 14.6 Å². The number of aliphatic hydroxyl groups excluding tert-OH is 1. The van der Waals surface area contributed by atoms with Crippen molar-refractivity contribution in [2.45, 2.75) is 62.8 Å². The summed E-state index contributed by atoms with van der Waals surface area (Å²) >= 11 is 0. The lowest BCUT2D eigenvalue weighted by atomic mass is 9.89. The number of amides is 1. The molecule has 2 aliphatic carbocycles. The number of rotatable bonds is 7. The Kier molecular flexibility index (Phi) is 6.44. The molecule has 0 spiro atoms. The van der Waals surface area contributed by atoms with Crippen LogP contribution in [-0.4, -0.2) is 62.6 Å². The van der Waals surface area contributed by atoms with Crippen molar-refractivity contribution in [1.82, 2.24) is 24.5 Å². The number of hydrogen-bond donors (Lipinski definition) is 4. The van der Waals surface area contributed by atoms with E-state index in [0.29, 0.717) is 35.0 Å². The molecule has 2 saturated carbocycles. The first-order valence-corrected chi connectivity index (χ1v) is 12.0. The van der Waals surface area contributed by atoms with Gasteiger partial charge in [0.2, 0.25) is 0 Å². The van der Waals surface area contributed by atoms with Crippen LogP contribution in [0.3, 0.4) is 0 Å². The Bertz CT molecular complexity index is 1290. The van der Waals surface area contributed by atoms with E-state index in [4.69, 9.17) is 4.74 Å². The minimum Gasteiger partial charge on any atom is -0.391 e. The number of nitrogens with one attached hydrogen (secondary N) is 3. The molecule has 11 heteroatoms. The van der Waals surface area contributed by atoms with Gasteiger partial charge in [-0.05, 0) is 50.7 Å². The van der Waals surface area contributed by atoms with E-state index in [1.807, 2.05) is 0 Å². The molecule has 0 radical (unpaired) electrons. The summed E-state index contributed by atoms with van der Waals surface area (Å²) in [5.74, 6) is 0.770. The van der Waals surface area contributed by atoms with Crippen LogP contribution >= 0.6 is 0 Å². The maximum atomic E-state index is 13.1. The number of carbonyl (C=O) groups is 1. The Morgan fingerprint density at radius 2 is 2.11 bits per heavy atom. The fourth-order valence-electron chi connectivity index (χ4n) is 4.91. The first kappa shape index (κ1) is 23.3. The number of pyridine rings is 1. The fourth-order valence-corrected chi connectivity index (χ4v) is 4.91. The number of methoxy groups -OCH3 is 1. The van der Waals surface area contributed by atoms with Crippen LogP contribution in [0.2, 0.25) is 0 Å². The molecule has 11 nitrogen and oxygen atoms in total. The van der Waals surface area contributed by atoms with Crippen molar-refractivity contribution in [1.29, 1.82) is 0 Å². The highest BCUT2D eigenvalue weighted by Crippen LogP contribution is 2.31. The molecule has 0 aliphatic heterocycles. The average Bonchev–Trinajstić information content (AvgIpc) is 3.29. The van der Waals surface area contributed by atoms with Crippen molar-refractivity contribution in [2.24, 2.45) is 0 Å². The molecule has 3 aromatic rings. The summed E-state index contributed by atoms with van der Waals surface area (Å²) in [4.78, 5) is 30.8. The quantitative estimate of drug-likeness (QED) is 0.403. The summed E-state index contributed by atoms with van der Waals surface area (Å²) in [6.07, 6.45) is 7.98. The van der Waals surface area contributed by atoms with Crippen LogP contribution < -0.4 is 21.5 Å². The Morgan fingerprint density at radius 3 is 2.83 bits per heavy atom. The molecule has 3 aromatic heterocycles. The standard InChI is InChI=1S/C24H31N7O4/c1-25-21-12-20(28-17-7-4-10-30(24(17)34)18-8-9-19(18)32)29-22-16(13-26-31(21)22)23(33)27-14-5-3-6-15(11-14)35-2/h4,7,10,12-15,18-19,25,32H,3,5-6,8-9,11H2,1-2H3,(H,27,33)(H,28,29)/t14?,15-,18?,19-/m1/s1. The number of hydrogen-bond acceptors (Lipinski definition) is 8. The zero-order valence-corrected chi connectivity index (χ0v) is 19.9. The van der Waals surface area contributed by atoms with Gasteiger partial charge in [-0.25, -0.2) is 4.98 Å². The van der Waals surface area contributed by atoms with Crippen LogP contribution in [0.25, 0.3) is 5.65 Å². The van der Waals surface area contributed by atoms with Gasteiger partial charge in [0.15, 0.2) is 5.65 Å². The Balaban J connectivity index is 1.43. The molecule has 3 heterocycles. The molecule has 2 aliphatic rings. The summed E-state index contributed by atoms with van der Waals surface area (Å²) in [5, 5.41) is 23.6. The first-order chi connectivity index (χ1) is 17.0. The smallest absolute Gasteiger partial charge is 0.274 e. The number of carbonyl (C=O) groups excluding carboxylic acids is 1. The van der Waals surface area contributed by atoms with Crippen molar-refractivity contribution in [3.8, 4) is 0 Å². The maximum absolute atomic E-state index is 13.1. The minimum absolute atomic E-state index is 0.0332. The van der Waals surface area contributed by atoms with Gasteiger partial charge < -0.3 is 30.4 Å². The van der Waals surface area contributed by atoms with E-state index in [9.17, 15) is 14.7 Å². The van der Waals surface area contributed by atoms with Crippen molar-refractivity contribution >= 4 is 28.9 Å². The molecule has 2 unspecified atom stereocenters. The van der Waals surface area contributed by atoms with Crippen LogP contribution in [-0.2, 0) is 4.74 Å². The molecular weight excluding hydrogens is 450 g/mol. The predicted octanol–water partition coefficient (Wildman–Crippen LogP) is 2.06. The van der Waals surface area contributed by atoms with Gasteiger partial charge in [0.1, 0.15) is 22.9 Å². The summed E-state index contributed by atoms with van der Waals surface area (Å²) in [6, 6.07) is 4.98. The maximum Gasteiger partial charge on any atom is 0.274 e. The van der Waals surface area contributed by atoms with Crippen molar-refractivity contribution in [3.05, 3.63) is 46.5 Å². The molecule has 1 amide bonds. The molecule has 186 valence electrons. The minimum atomic E-state index is -0.510. The average molecular weight is 482 g/mol. The number of anilines is 3. The van der Waals surface area contributed by atoms with Crippen LogP contribution in [0.5, 0.6) is 0 Å². The lowest BCUT2D eigenvalue weighted by Gasteiger charge is -2.34. The normalized spacial score (nSPS) is 24.1. The Morgan fingerprint density at radius 1 is 1.26 bits per heavy atom. The fraction of sp³-hybridized carbons (Fsp3) is 0.500. The topological polar surface area (TPSA) is 135 Å². The zero-order chi connectivity index (χ0) is 24.5. The summed E-state index contributed by atoms with van der Waals surface area (Å²) in [6.45, 7) is 0. The Hall–Kier alpha value is -3.44. The molecular formula is C24H31N7O4. The van der Waals surface area contributed by atoms with Gasteiger partial charge in [-0.1, -0.05) is 0 Å².